The van der Waals surface area contributed by atoms with Crippen LogP contribution >= 0.6 is 0 Å². The SMILES string of the molecule is Cc1ccc(NC2CCN(C(=O)CC[C@@H]3CCCO3)CC2)nn1. The van der Waals surface area contributed by atoms with Crippen molar-refractivity contribution in [2.24, 2.45) is 0 Å². The summed E-state index contributed by atoms with van der Waals surface area (Å²) in [6, 6.07) is 4.29. The van der Waals surface area contributed by atoms with Gasteiger partial charge in [0.2, 0.25) is 5.91 Å². The number of hydrogen-bond donors (Lipinski definition) is 1. The quantitative estimate of drug-likeness (QED) is 0.901. The van der Waals surface area contributed by atoms with E-state index in [4.69, 9.17) is 4.74 Å². The van der Waals surface area contributed by atoms with E-state index in [1.165, 1.54) is 0 Å². The van der Waals surface area contributed by atoms with Gasteiger partial charge in [-0.1, -0.05) is 0 Å². The average Bonchev–Trinajstić information content (AvgIpc) is 3.09. The predicted molar refractivity (Wildman–Crippen MR) is 88.2 cm³/mol. The summed E-state index contributed by atoms with van der Waals surface area (Å²) in [5.41, 5.74) is 0.919. The van der Waals surface area contributed by atoms with Gasteiger partial charge in [0.1, 0.15) is 5.82 Å². The summed E-state index contributed by atoms with van der Waals surface area (Å²) in [7, 11) is 0. The summed E-state index contributed by atoms with van der Waals surface area (Å²) >= 11 is 0. The van der Waals surface area contributed by atoms with Crippen molar-refractivity contribution >= 4 is 11.7 Å². The van der Waals surface area contributed by atoms with Gasteiger partial charge in [-0.25, -0.2) is 0 Å². The molecule has 6 heteroatoms. The van der Waals surface area contributed by atoms with Gasteiger partial charge in [-0.2, -0.15) is 5.10 Å². The molecule has 0 spiro atoms. The molecule has 0 aliphatic carbocycles. The smallest absolute Gasteiger partial charge is 0.222 e. The van der Waals surface area contributed by atoms with Crippen LogP contribution in [-0.4, -0.2) is 52.8 Å². The molecule has 126 valence electrons. The third kappa shape index (κ3) is 4.64. The maximum absolute atomic E-state index is 12.3. The van der Waals surface area contributed by atoms with Crippen molar-refractivity contribution in [3.63, 3.8) is 0 Å². The number of aromatic nitrogens is 2. The van der Waals surface area contributed by atoms with Crippen LogP contribution in [0.2, 0.25) is 0 Å². The first kappa shape index (κ1) is 16.2. The molecule has 0 unspecified atom stereocenters. The highest BCUT2D eigenvalue weighted by molar-refractivity contribution is 5.76. The predicted octanol–water partition coefficient (Wildman–Crippen LogP) is 2.15. The third-order valence-electron chi connectivity index (χ3n) is 4.70. The molecular weight excluding hydrogens is 292 g/mol. The molecule has 0 saturated carbocycles. The van der Waals surface area contributed by atoms with Crippen molar-refractivity contribution in [3.8, 4) is 0 Å². The second kappa shape index (κ2) is 7.73. The van der Waals surface area contributed by atoms with Crippen LogP contribution in [0.3, 0.4) is 0 Å². The Morgan fingerprint density at radius 3 is 2.78 bits per heavy atom. The molecule has 2 aliphatic rings. The Kier molecular flexibility index (Phi) is 5.43. The standard InChI is InChI=1S/C17H26N4O2/c1-13-4-6-16(20-19-13)18-14-8-10-21(11-9-14)17(22)7-5-15-3-2-12-23-15/h4,6,14-15H,2-3,5,7-12H2,1H3,(H,18,20)/t15-/m0/s1. The van der Waals surface area contributed by atoms with Crippen molar-refractivity contribution in [1.82, 2.24) is 15.1 Å². The molecule has 3 rings (SSSR count). The highest BCUT2D eigenvalue weighted by Crippen LogP contribution is 2.19. The number of ether oxygens (including phenoxy) is 1. The third-order valence-corrected chi connectivity index (χ3v) is 4.70. The number of aryl methyl sites for hydroxylation is 1. The molecule has 0 radical (unpaired) electrons. The van der Waals surface area contributed by atoms with Crippen LogP contribution in [0.4, 0.5) is 5.82 Å². The summed E-state index contributed by atoms with van der Waals surface area (Å²) < 4.78 is 5.59. The van der Waals surface area contributed by atoms with Gasteiger partial charge < -0.3 is 15.0 Å². The molecule has 1 aromatic rings. The minimum Gasteiger partial charge on any atom is -0.378 e. The minimum absolute atomic E-state index is 0.272. The largest absolute Gasteiger partial charge is 0.378 e. The number of carbonyl (C=O) groups excluding carboxylic acids is 1. The number of amides is 1. The van der Waals surface area contributed by atoms with E-state index in [2.05, 4.69) is 15.5 Å². The minimum atomic E-state index is 0.272. The highest BCUT2D eigenvalue weighted by Gasteiger charge is 2.24. The number of anilines is 1. The first-order valence-electron chi connectivity index (χ1n) is 8.67. The number of nitrogens with one attached hydrogen (secondary N) is 1. The summed E-state index contributed by atoms with van der Waals surface area (Å²) in [6.45, 7) is 4.43. The van der Waals surface area contributed by atoms with Crippen molar-refractivity contribution in [3.05, 3.63) is 17.8 Å². The molecular formula is C17H26N4O2. The molecule has 1 aromatic heterocycles. The van der Waals surface area contributed by atoms with Gasteiger partial charge in [0.25, 0.3) is 0 Å². The molecule has 0 aromatic carbocycles. The Morgan fingerprint density at radius 2 is 2.13 bits per heavy atom. The molecule has 2 saturated heterocycles. The van der Waals surface area contributed by atoms with Crippen molar-refractivity contribution in [2.75, 3.05) is 25.0 Å². The van der Waals surface area contributed by atoms with Gasteiger partial charge in [0, 0.05) is 32.2 Å². The molecule has 6 nitrogen and oxygen atoms in total. The number of likely N-dealkylation sites (tertiary alicyclic amines) is 1. The fourth-order valence-corrected chi connectivity index (χ4v) is 3.27. The van der Waals surface area contributed by atoms with Crippen molar-refractivity contribution in [2.45, 2.75) is 57.6 Å². The van der Waals surface area contributed by atoms with Crippen LogP contribution in [0, 0.1) is 6.92 Å². The molecule has 1 amide bonds. The Hall–Kier alpha value is -1.69. The van der Waals surface area contributed by atoms with Gasteiger partial charge in [-0.15, -0.1) is 5.10 Å². The Morgan fingerprint density at radius 1 is 1.30 bits per heavy atom. The van der Waals surface area contributed by atoms with E-state index in [1.807, 2.05) is 24.0 Å². The lowest BCUT2D eigenvalue weighted by Crippen LogP contribution is -2.42. The van der Waals surface area contributed by atoms with Gasteiger partial charge in [0.15, 0.2) is 0 Å². The monoisotopic (exact) mass is 318 g/mol. The lowest BCUT2D eigenvalue weighted by Gasteiger charge is -2.32. The molecule has 23 heavy (non-hydrogen) atoms. The molecule has 2 aliphatic heterocycles. The van der Waals surface area contributed by atoms with Crippen LogP contribution in [0.15, 0.2) is 12.1 Å². The topological polar surface area (TPSA) is 67.4 Å². The fraction of sp³-hybridized carbons (Fsp3) is 0.706. The van der Waals surface area contributed by atoms with E-state index < -0.39 is 0 Å². The van der Waals surface area contributed by atoms with Crippen LogP contribution < -0.4 is 5.32 Å². The van der Waals surface area contributed by atoms with Crippen molar-refractivity contribution in [1.29, 1.82) is 0 Å². The summed E-state index contributed by atoms with van der Waals surface area (Å²) in [4.78, 5) is 14.3. The summed E-state index contributed by atoms with van der Waals surface area (Å²) in [5.74, 6) is 1.09. The lowest BCUT2D eigenvalue weighted by molar-refractivity contribution is -0.132. The lowest BCUT2D eigenvalue weighted by atomic mass is 10.0. The second-order valence-electron chi connectivity index (χ2n) is 6.53. The highest BCUT2D eigenvalue weighted by atomic mass is 16.5. The zero-order valence-corrected chi connectivity index (χ0v) is 13.8. The van der Waals surface area contributed by atoms with E-state index in [9.17, 15) is 4.79 Å². The number of rotatable bonds is 5. The van der Waals surface area contributed by atoms with E-state index >= 15 is 0 Å². The van der Waals surface area contributed by atoms with Crippen LogP contribution in [0.1, 0.15) is 44.2 Å². The maximum Gasteiger partial charge on any atom is 0.222 e. The number of nitrogens with zero attached hydrogens (tertiary/aromatic N) is 3. The number of piperidine rings is 1. The zero-order chi connectivity index (χ0) is 16.1. The average molecular weight is 318 g/mol. The molecule has 1 N–H and O–H groups in total. The van der Waals surface area contributed by atoms with E-state index in [0.29, 0.717) is 18.6 Å². The first-order valence-corrected chi connectivity index (χ1v) is 8.67. The van der Waals surface area contributed by atoms with Gasteiger partial charge in [0.05, 0.1) is 11.8 Å². The molecule has 2 fully saturated rings. The fourth-order valence-electron chi connectivity index (χ4n) is 3.27. The Labute approximate surface area is 137 Å². The summed E-state index contributed by atoms with van der Waals surface area (Å²) in [6.07, 6.45) is 5.96. The molecule has 1 atom stereocenters. The molecule has 3 heterocycles. The maximum atomic E-state index is 12.3. The number of hydrogen-bond acceptors (Lipinski definition) is 5. The van der Waals surface area contributed by atoms with E-state index in [1.54, 1.807) is 0 Å². The summed E-state index contributed by atoms with van der Waals surface area (Å²) in [5, 5.41) is 11.6. The van der Waals surface area contributed by atoms with Crippen molar-refractivity contribution < 1.29 is 9.53 Å². The first-order chi connectivity index (χ1) is 11.2. The van der Waals surface area contributed by atoms with E-state index in [0.717, 1.165) is 63.3 Å². The zero-order valence-electron chi connectivity index (χ0n) is 13.8. The van der Waals surface area contributed by atoms with Gasteiger partial charge >= 0.3 is 0 Å². The molecule has 0 bridgehead atoms. The van der Waals surface area contributed by atoms with Gasteiger partial charge in [-0.05, 0) is 51.2 Å². The van der Waals surface area contributed by atoms with Gasteiger partial charge in [-0.3, -0.25) is 4.79 Å². The van der Waals surface area contributed by atoms with Crippen LogP contribution in [-0.2, 0) is 9.53 Å². The normalized spacial score (nSPS) is 22.3. The van der Waals surface area contributed by atoms with Crippen LogP contribution in [0.5, 0.6) is 0 Å². The van der Waals surface area contributed by atoms with E-state index in [-0.39, 0.29) is 5.91 Å². The Bertz CT molecular complexity index is 506. The second-order valence-corrected chi connectivity index (χ2v) is 6.53. The Balaban J connectivity index is 1.39. The number of carbonyl (C=O) groups is 1. The van der Waals surface area contributed by atoms with Crippen LogP contribution in [0.25, 0.3) is 0 Å².